The molecule has 1 saturated heterocycles. The van der Waals surface area contributed by atoms with Crippen molar-refractivity contribution < 1.29 is 24.2 Å². The molecule has 34 heavy (non-hydrogen) atoms. The van der Waals surface area contributed by atoms with Gasteiger partial charge in [-0.15, -0.1) is 0 Å². The van der Waals surface area contributed by atoms with E-state index in [4.69, 9.17) is 4.74 Å². The number of hydrogen-bond donors (Lipinski definition) is 2. The number of ether oxygens (including phenoxy) is 1. The van der Waals surface area contributed by atoms with Crippen LogP contribution in [0.25, 0.3) is 0 Å². The molecule has 1 aromatic rings. The largest absolute Gasteiger partial charge is 0.508 e. The first-order valence-corrected chi connectivity index (χ1v) is 12.0. The molecule has 2 aliphatic heterocycles. The van der Waals surface area contributed by atoms with Gasteiger partial charge in [-0.2, -0.15) is 0 Å². The summed E-state index contributed by atoms with van der Waals surface area (Å²) in [7, 11) is 0. The lowest BCUT2D eigenvalue weighted by Crippen LogP contribution is -2.56. The van der Waals surface area contributed by atoms with Gasteiger partial charge in [0.25, 0.3) is 5.91 Å². The Balaban J connectivity index is 1.77. The molecule has 3 aliphatic rings. The summed E-state index contributed by atoms with van der Waals surface area (Å²) in [5.41, 5.74) is 1.32. The minimum atomic E-state index is -1.34. The minimum absolute atomic E-state index is 0.0159. The highest BCUT2D eigenvalue weighted by Gasteiger charge is 2.64. The number of carbonyl (C=O) groups is 3. The van der Waals surface area contributed by atoms with Gasteiger partial charge in [-0.25, -0.2) is 0 Å². The predicted octanol–water partition coefficient (Wildman–Crippen LogP) is 4.05. The zero-order valence-electron chi connectivity index (χ0n) is 20.2. The van der Waals surface area contributed by atoms with Crippen LogP contribution in [0.15, 0.2) is 59.7 Å². The third-order valence-electron chi connectivity index (χ3n) is 7.71. The molecule has 1 spiro atoms. The van der Waals surface area contributed by atoms with Crippen molar-refractivity contribution in [3.63, 3.8) is 0 Å². The number of phenols is 1. The van der Waals surface area contributed by atoms with Crippen LogP contribution < -0.4 is 5.32 Å². The molecule has 1 fully saturated rings. The fourth-order valence-corrected chi connectivity index (χ4v) is 5.69. The van der Waals surface area contributed by atoms with E-state index in [2.05, 4.69) is 19.2 Å². The van der Waals surface area contributed by atoms with Gasteiger partial charge in [0.2, 0.25) is 5.60 Å². The van der Waals surface area contributed by atoms with Crippen molar-refractivity contribution in [2.75, 3.05) is 0 Å². The van der Waals surface area contributed by atoms with Crippen molar-refractivity contribution in [1.82, 2.24) is 5.32 Å². The van der Waals surface area contributed by atoms with E-state index in [-0.39, 0.29) is 47.7 Å². The number of carbonyl (C=O) groups excluding carboxylic acids is 3. The Kier molecular flexibility index (Phi) is 6.52. The van der Waals surface area contributed by atoms with E-state index >= 15 is 0 Å². The van der Waals surface area contributed by atoms with Gasteiger partial charge in [-0.05, 0) is 55.9 Å². The van der Waals surface area contributed by atoms with Crippen LogP contribution in [0.1, 0.15) is 46.1 Å². The summed E-state index contributed by atoms with van der Waals surface area (Å²) in [4.78, 5) is 39.3. The molecule has 2 heterocycles. The van der Waals surface area contributed by atoms with E-state index in [0.29, 0.717) is 18.4 Å². The number of nitrogens with one attached hydrogen (secondary N) is 1. The highest BCUT2D eigenvalue weighted by Crippen LogP contribution is 2.50. The maximum absolute atomic E-state index is 13.7. The summed E-state index contributed by atoms with van der Waals surface area (Å²) in [6.45, 7) is 7.74. The summed E-state index contributed by atoms with van der Waals surface area (Å²) >= 11 is 0. The predicted molar refractivity (Wildman–Crippen MR) is 129 cm³/mol. The molecule has 6 nitrogen and oxygen atoms in total. The topological polar surface area (TPSA) is 92.7 Å². The van der Waals surface area contributed by atoms with E-state index in [1.807, 2.05) is 37.3 Å². The molecule has 0 unspecified atom stereocenters. The first kappa shape index (κ1) is 24.0. The third kappa shape index (κ3) is 4.22. The van der Waals surface area contributed by atoms with Crippen LogP contribution in [0.4, 0.5) is 0 Å². The van der Waals surface area contributed by atoms with Crippen LogP contribution in [0.5, 0.6) is 5.75 Å². The highest BCUT2D eigenvalue weighted by molar-refractivity contribution is 5.97. The van der Waals surface area contributed by atoms with Gasteiger partial charge in [0.15, 0.2) is 5.78 Å². The second-order valence-corrected chi connectivity index (χ2v) is 9.99. The number of phenolic OH excluding ortho intramolecular Hbond substituents is 1. The molecule has 1 amide bonds. The molecule has 0 bridgehead atoms. The summed E-state index contributed by atoms with van der Waals surface area (Å²) in [5.74, 6) is -1.45. The number of amides is 1. The Morgan fingerprint density at radius 2 is 1.82 bits per heavy atom. The normalized spacial score (nSPS) is 36.5. The number of esters is 1. The van der Waals surface area contributed by atoms with Crippen molar-refractivity contribution in [2.45, 2.75) is 58.6 Å². The summed E-state index contributed by atoms with van der Waals surface area (Å²) in [5, 5.41) is 12.8. The van der Waals surface area contributed by atoms with Crippen LogP contribution in [0.2, 0.25) is 0 Å². The summed E-state index contributed by atoms with van der Waals surface area (Å²) < 4.78 is 6.12. The third-order valence-corrected chi connectivity index (χ3v) is 7.71. The monoisotopic (exact) mass is 463 g/mol. The highest BCUT2D eigenvalue weighted by atomic mass is 16.6. The van der Waals surface area contributed by atoms with Gasteiger partial charge in [-0.3, -0.25) is 14.4 Å². The maximum Gasteiger partial charge on any atom is 0.310 e. The van der Waals surface area contributed by atoms with Gasteiger partial charge in [-0.1, -0.05) is 55.9 Å². The zero-order chi connectivity index (χ0) is 24.6. The quantitative estimate of drug-likeness (QED) is 0.510. The maximum atomic E-state index is 13.7. The van der Waals surface area contributed by atoms with Gasteiger partial charge < -0.3 is 15.2 Å². The average Bonchev–Trinajstić information content (AvgIpc) is 3.07. The van der Waals surface area contributed by atoms with Crippen LogP contribution in [0.3, 0.4) is 0 Å². The molecule has 2 N–H and O–H groups in total. The molecule has 0 radical (unpaired) electrons. The van der Waals surface area contributed by atoms with Gasteiger partial charge >= 0.3 is 5.97 Å². The molecular formula is C28H33NO5. The number of hydrogen-bond acceptors (Lipinski definition) is 5. The minimum Gasteiger partial charge on any atom is -0.508 e. The Morgan fingerprint density at radius 1 is 1.12 bits per heavy atom. The van der Waals surface area contributed by atoms with Crippen molar-refractivity contribution in [1.29, 1.82) is 0 Å². The van der Waals surface area contributed by atoms with E-state index in [1.54, 1.807) is 25.1 Å². The van der Waals surface area contributed by atoms with Gasteiger partial charge in [0, 0.05) is 23.8 Å². The zero-order valence-corrected chi connectivity index (χ0v) is 20.2. The number of benzene rings is 1. The standard InChI is InChI=1S/C28H33NO5/c1-16-6-5-7-21-14-18(3)19(4)25-23(15-20-9-11-22(30)12-10-20)29-27(33)28(21,25)34-24(31)13-8-17(2)26(16)32/h5,7-12,14,16,19,21,23,25,30H,6,13,15H2,1-4H3,(H,29,33)/b7-5+,17-8+/t16-,19+,21-,23-,25-,28+/m0/s1. The number of Topliss-reactive ketones (excluding diaryl/α,β-unsaturated/α-hetero) is 1. The lowest BCUT2D eigenvalue weighted by atomic mass is 9.63. The van der Waals surface area contributed by atoms with E-state index in [0.717, 1.165) is 11.1 Å². The number of allylic oxidation sites excluding steroid dienone is 3. The van der Waals surface area contributed by atoms with Crippen molar-refractivity contribution in [3.05, 3.63) is 65.3 Å². The fraction of sp³-hybridized carbons (Fsp3) is 0.464. The molecule has 0 aromatic heterocycles. The number of rotatable bonds is 2. The van der Waals surface area contributed by atoms with Crippen molar-refractivity contribution in [2.24, 2.45) is 23.7 Å². The van der Waals surface area contributed by atoms with Crippen molar-refractivity contribution in [3.8, 4) is 5.75 Å². The Bertz CT molecular complexity index is 1080. The Morgan fingerprint density at radius 3 is 2.53 bits per heavy atom. The molecular weight excluding hydrogens is 430 g/mol. The van der Waals surface area contributed by atoms with Crippen molar-refractivity contribution >= 4 is 17.7 Å². The van der Waals surface area contributed by atoms with Crippen LogP contribution in [0, 0.1) is 23.7 Å². The molecule has 4 rings (SSSR count). The molecule has 1 aliphatic carbocycles. The van der Waals surface area contributed by atoms with E-state index in [9.17, 15) is 19.5 Å². The van der Waals surface area contributed by atoms with E-state index in [1.165, 1.54) is 0 Å². The summed E-state index contributed by atoms with van der Waals surface area (Å²) in [6.07, 6.45) is 8.58. The first-order valence-electron chi connectivity index (χ1n) is 12.0. The average molecular weight is 464 g/mol. The SMILES string of the molecule is CC1=C[C@@H]2/C=C/C[C@H](C)C(=O)/C(C)=C/CC(=O)O[C@]23C(=O)N[C@@H](Cc2ccc(O)cc2)[C@@H]3[C@@H]1C. The molecule has 1 aromatic carbocycles. The second kappa shape index (κ2) is 9.24. The second-order valence-electron chi connectivity index (χ2n) is 9.99. The Labute approximate surface area is 200 Å². The lowest BCUT2D eigenvalue weighted by Gasteiger charge is -2.44. The molecule has 6 heteroatoms. The Hall–Kier alpha value is -3.15. The van der Waals surface area contributed by atoms with Gasteiger partial charge in [0.05, 0.1) is 6.42 Å². The number of aromatic hydroxyl groups is 1. The molecule has 6 atom stereocenters. The van der Waals surface area contributed by atoms with Crippen LogP contribution in [-0.2, 0) is 25.5 Å². The van der Waals surface area contributed by atoms with Gasteiger partial charge in [0.1, 0.15) is 5.75 Å². The molecule has 180 valence electrons. The lowest BCUT2D eigenvalue weighted by molar-refractivity contribution is -0.176. The fourth-order valence-electron chi connectivity index (χ4n) is 5.69. The van der Waals surface area contributed by atoms with E-state index < -0.39 is 17.5 Å². The molecule has 0 saturated carbocycles. The smallest absolute Gasteiger partial charge is 0.310 e. The number of ketones is 1. The summed E-state index contributed by atoms with van der Waals surface area (Å²) in [6, 6.07) is 6.73. The first-order chi connectivity index (χ1) is 16.1. The van der Waals surface area contributed by atoms with Crippen LogP contribution >= 0.6 is 0 Å². The van der Waals surface area contributed by atoms with Crippen LogP contribution in [-0.4, -0.2) is 34.4 Å².